The summed E-state index contributed by atoms with van der Waals surface area (Å²) < 4.78 is 37.9. The fourth-order valence-corrected chi connectivity index (χ4v) is 6.33. The second kappa shape index (κ2) is 14.1. The third-order valence-electron chi connectivity index (χ3n) is 9.45. The molecular weight excluding hydrogens is 627 g/mol. The van der Waals surface area contributed by atoms with Crippen LogP contribution >= 0.6 is 11.6 Å². The second-order valence-corrected chi connectivity index (χ2v) is 15.1. The Morgan fingerprint density at radius 1 is 1.15 bits per heavy atom. The number of likely N-dealkylation sites (N-methyl/N-ethyl adjacent to an activating group) is 1. The average Bonchev–Trinajstić information content (AvgIpc) is 3.37. The average molecular weight is 677 g/mol. The lowest BCUT2D eigenvalue weighted by atomic mass is 9.73. The number of amides is 2. The van der Waals surface area contributed by atoms with Crippen LogP contribution in [0.25, 0.3) is 10.9 Å². The van der Waals surface area contributed by atoms with Crippen molar-refractivity contribution in [2.75, 3.05) is 46.6 Å². The number of nitrogens with zero attached hydrogens (tertiary/aromatic N) is 4. The number of carbonyl (C=O) groups excluding carboxylic acids is 2. The van der Waals surface area contributed by atoms with Crippen molar-refractivity contribution in [2.45, 2.75) is 110 Å². The van der Waals surface area contributed by atoms with Crippen molar-refractivity contribution in [1.29, 1.82) is 0 Å². The van der Waals surface area contributed by atoms with Crippen LogP contribution in [0.5, 0.6) is 0 Å². The minimum absolute atomic E-state index is 0.152. The number of halogens is 1. The molecule has 0 N–H and O–H groups in total. The first-order valence-electron chi connectivity index (χ1n) is 16.7. The molecule has 5 rings (SSSR count). The Bertz CT molecular complexity index is 1420. The van der Waals surface area contributed by atoms with E-state index in [1.807, 2.05) is 65.4 Å². The molecule has 1 aromatic carbocycles. The van der Waals surface area contributed by atoms with Crippen molar-refractivity contribution >= 4 is 47.3 Å². The van der Waals surface area contributed by atoms with E-state index in [-0.39, 0.29) is 32.0 Å². The van der Waals surface area contributed by atoms with E-state index < -0.39 is 36.1 Å². The standard InChI is InChI=1S/C33H50BClN4O8/c1-31(2,3)45-30(41)38-14-17-42-21-22(20-38)37(8)29(40)44-16-11-12-23-25(35)18-26-24(19-36-39(26)27-13-9-10-15-43-27)28(23)34-46-32(4,5)33(6,7)47-34/h18-19,22,27H,9-17,20-21H2,1-8H3/t22-,27?/m0/s1. The number of aromatic nitrogens is 2. The van der Waals surface area contributed by atoms with E-state index in [9.17, 15) is 9.59 Å². The van der Waals surface area contributed by atoms with Gasteiger partial charge >= 0.3 is 19.3 Å². The lowest BCUT2D eigenvalue weighted by Crippen LogP contribution is -2.48. The Morgan fingerprint density at radius 3 is 2.53 bits per heavy atom. The summed E-state index contributed by atoms with van der Waals surface area (Å²) in [5.41, 5.74) is 0.866. The molecule has 3 aliphatic heterocycles. The van der Waals surface area contributed by atoms with Gasteiger partial charge in [-0.2, -0.15) is 5.10 Å². The summed E-state index contributed by atoms with van der Waals surface area (Å²) in [6, 6.07) is 1.56. The van der Waals surface area contributed by atoms with Gasteiger partial charge < -0.3 is 38.1 Å². The lowest BCUT2D eigenvalue weighted by molar-refractivity contribution is -0.0366. The molecule has 260 valence electrons. The van der Waals surface area contributed by atoms with Gasteiger partial charge in [-0.15, -0.1) is 0 Å². The van der Waals surface area contributed by atoms with Gasteiger partial charge in [-0.1, -0.05) is 11.6 Å². The van der Waals surface area contributed by atoms with E-state index in [1.54, 1.807) is 11.9 Å². The van der Waals surface area contributed by atoms with Gasteiger partial charge in [0, 0.05) is 37.2 Å². The number of ether oxygens (including phenoxy) is 4. The summed E-state index contributed by atoms with van der Waals surface area (Å²) in [6.07, 6.45) is 4.80. The molecule has 0 radical (unpaired) electrons. The summed E-state index contributed by atoms with van der Waals surface area (Å²) in [4.78, 5) is 28.9. The molecule has 12 nitrogen and oxygen atoms in total. The zero-order chi connectivity index (χ0) is 34.1. The quantitative estimate of drug-likeness (QED) is 0.284. The molecule has 47 heavy (non-hydrogen) atoms. The fraction of sp³-hybridized carbons (Fsp3) is 0.727. The molecule has 0 saturated carbocycles. The molecule has 2 aromatic rings. The summed E-state index contributed by atoms with van der Waals surface area (Å²) in [7, 11) is 1.00. The molecule has 0 spiro atoms. The number of benzene rings is 1. The lowest BCUT2D eigenvalue weighted by Gasteiger charge is -2.32. The van der Waals surface area contributed by atoms with E-state index in [2.05, 4.69) is 0 Å². The van der Waals surface area contributed by atoms with E-state index in [0.717, 1.165) is 41.2 Å². The highest BCUT2D eigenvalue weighted by atomic mass is 35.5. The van der Waals surface area contributed by atoms with Crippen molar-refractivity contribution in [3.8, 4) is 0 Å². The Morgan fingerprint density at radius 2 is 1.87 bits per heavy atom. The maximum Gasteiger partial charge on any atom is 0.495 e. The largest absolute Gasteiger partial charge is 0.495 e. The molecule has 1 aromatic heterocycles. The Balaban J connectivity index is 1.29. The summed E-state index contributed by atoms with van der Waals surface area (Å²) in [5.74, 6) is 0. The van der Waals surface area contributed by atoms with Crippen LogP contribution in [0, 0.1) is 0 Å². The second-order valence-electron chi connectivity index (χ2n) is 14.7. The van der Waals surface area contributed by atoms with Gasteiger partial charge in [0.1, 0.15) is 5.60 Å². The molecular formula is C33H50BClN4O8. The van der Waals surface area contributed by atoms with Crippen molar-refractivity contribution in [1.82, 2.24) is 19.6 Å². The van der Waals surface area contributed by atoms with Gasteiger partial charge in [-0.05, 0) is 97.7 Å². The smallest absolute Gasteiger partial charge is 0.449 e. The Labute approximate surface area is 283 Å². The predicted molar refractivity (Wildman–Crippen MR) is 179 cm³/mol. The molecule has 3 fully saturated rings. The predicted octanol–water partition coefficient (Wildman–Crippen LogP) is 5.32. The van der Waals surface area contributed by atoms with E-state index in [1.165, 1.54) is 4.90 Å². The molecule has 0 aliphatic carbocycles. The van der Waals surface area contributed by atoms with Gasteiger partial charge in [0.15, 0.2) is 6.23 Å². The Hall–Kier alpha value is -2.58. The zero-order valence-electron chi connectivity index (χ0n) is 29.1. The van der Waals surface area contributed by atoms with Crippen molar-refractivity contribution in [2.24, 2.45) is 0 Å². The number of fused-ring (bicyclic) bond motifs is 1. The normalized spacial score (nSPS) is 23.1. The molecule has 14 heteroatoms. The highest BCUT2D eigenvalue weighted by Crippen LogP contribution is 2.39. The van der Waals surface area contributed by atoms with Crippen LogP contribution in [0.15, 0.2) is 12.3 Å². The van der Waals surface area contributed by atoms with Gasteiger partial charge in [0.2, 0.25) is 0 Å². The van der Waals surface area contributed by atoms with Gasteiger partial charge in [0.05, 0.1) is 48.8 Å². The van der Waals surface area contributed by atoms with Gasteiger partial charge in [-0.25, -0.2) is 14.3 Å². The SMILES string of the molecule is CN(C(=O)OCCCc1c(Cl)cc2c(cnn2C2CCCCO2)c1B1OC(C)(C)C(C)(C)O1)[C@@H]1COCCN(C(=O)OC(C)(C)C)C1. The third kappa shape index (κ3) is 8.01. The van der Waals surface area contributed by atoms with Gasteiger partial charge in [-0.3, -0.25) is 0 Å². The van der Waals surface area contributed by atoms with Gasteiger partial charge in [0.25, 0.3) is 0 Å². The first-order valence-corrected chi connectivity index (χ1v) is 17.1. The van der Waals surface area contributed by atoms with Crippen LogP contribution in [0.3, 0.4) is 0 Å². The monoisotopic (exact) mass is 676 g/mol. The molecule has 0 bridgehead atoms. The molecule has 1 unspecified atom stereocenters. The minimum atomic E-state index is -0.655. The number of carbonyl (C=O) groups is 2. The molecule has 3 aliphatic rings. The highest BCUT2D eigenvalue weighted by Gasteiger charge is 2.53. The molecule has 3 saturated heterocycles. The third-order valence-corrected chi connectivity index (χ3v) is 9.79. The van der Waals surface area contributed by atoms with E-state index in [4.69, 9.17) is 45.0 Å². The zero-order valence-corrected chi connectivity index (χ0v) is 29.9. The van der Waals surface area contributed by atoms with Crippen LogP contribution in [0.4, 0.5) is 9.59 Å². The van der Waals surface area contributed by atoms with Crippen LogP contribution in [0.2, 0.25) is 5.02 Å². The van der Waals surface area contributed by atoms with Crippen LogP contribution in [0.1, 0.15) is 85.9 Å². The van der Waals surface area contributed by atoms with Crippen molar-refractivity contribution < 1.29 is 37.8 Å². The fourth-order valence-electron chi connectivity index (χ4n) is 6.03. The molecule has 2 atom stereocenters. The summed E-state index contributed by atoms with van der Waals surface area (Å²) in [6.45, 7) is 15.8. The maximum atomic E-state index is 13.1. The number of hydrogen-bond acceptors (Lipinski definition) is 9. The maximum absolute atomic E-state index is 13.1. The number of rotatable bonds is 7. The van der Waals surface area contributed by atoms with E-state index >= 15 is 0 Å². The minimum Gasteiger partial charge on any atom is -0.449 e. The number of hydrogen-bond donors (Lipinski definition) is 0. The Kier molecular flexibility index (Phi) is 10.7. The molecule has 2 amide bonds. The topological polar surface area (TPSA) is 114 Å². The summed E-state index contributed by atoms with van der Waals surface area (Å²) >= 11 is 7.02. The van der Waals surface area contributed by atoms with E-state index in [0.29, 0.717) is 37.6 Å². The van der Waals surface area contributed by atoms with Crippen LogP contribution in [-0.4, -0.2) is 108 Å². The van der Waals surface area contributed by atoms with Crippen LogP contribution in [-0.2, 0) is 34.7 Å². The first kappa shape index (κ1) is 35.7. The highest BCUT2D eigenvalue weighted by molar-refractivity contribution is 6.66. The van der Waals surface area contributed by atoms with Crippen LogP contribution < -0.4 is 5.46 Å². The van der Waals surface area contributed by atoms with Crippen molar-refractivity contribution in [3.05, 3.63) is 22.8 Å². The summed E-state index contributed by atoms with van der Waals surface area (Å²) in [5, 5.41) is 6.20. The first-order chi connectivity index (χ1) is 22.1. The molecule has 4 heterocycles. The van der Waals surface area contributed by atoms with Crippen molar-refractivity contribution in [3.63, 3.8) is 0 Å².